The van der Waals surface area contributed by atoms with Crippen LogP contribution in [0.2, 0.25) is 5.02 Å². The van der Waals surface area contributed by atoms with E-state index >= 15 is 0 Å². The van der Waals surface area contributed by atoms with Gasteiger partial charge in [0.25, 0.3) is 0 Å². The summed E-state index contributed by atoms with van der Waals surface area (Å²) in [6.45, 7) is 0.631. The van der Waals surface area contributed by atoms with E-state index in [1.54, 1.807) is 0 Å². The molecule has 0 fully saturated rings. The van der Waals surface area contributed by atoms with Gasteiger partial charge in [-0.25, -0.2) is 8.42 Å². The van der Waals surface area contributed by atoms with Crippen molar-refractivity contribution in [1.82, 2.24) is 4.31 Å². The highest BCUT2D eigenvalue weighted by atomic mass is 35.5. The van der Waals surface area contributed by atoms with Crippen LogP contribution in [0.4, 0.5) is 0 Å². The van der Waals surface area contributed by atoms with E-state index in [-0.39, 0.29) is 31.0 Å². The van der Waals surface area contributed by atoms with Crippen molar-refractivity contribution in [2.45, 2.75) is 11.3 Å². The molecule has 0 bridgehead atoms. The zero-order valence-electron chi connectivity index (χ0n) is 10.5. The molecular formula is C12H15ClN2O3S. The smallest absolute Gasteiger partial charge is 0.243 e. The van der Waals surface area contributed by atoms with E-state index in [4.69, 9.17) is 21.6 Å². The molecule has 0 amide bonds. The van der Waals surface area contributed by atoms with Crippen LogP contribution in [0.25, 0.3) is 0 Å². The first-order chi connectivity index (χ1) is 9.02. The van der Waals surface area contributed by atoms with Crippen molar-refractivity contribution in [1.29, 1.82) is 5.26 Å². The molecule has 0 radical (unpaired) electrons. The van der Waals surface area contributed by atoms with Crippen LogP contribution in [0.5, 0.6) is 0 Å². The summed E-state index contributed by atoms with van der Waals surface area (Å²) in [6, 6.07) is 7.88. The summed E-state index contributed by atoms with van der Waals surface area (Å²) in [5.41, 5.74) is 0. The predicted molar refractivity (Wildman–Crippen MR) is 72.3 cm³/mol. The molecule has 1 rings (SSSR count). The lowest BCUT2D eigenvalue weighted by Crippen LogP contribution is -2.34. The third-order valence-corrected chi connectivity index (χ3v) is 4.63. The molecule has 0 heterocycles. The first-order valence-electron chi connectivity index (χ1n) is 5.64. The highest BCUT2D eigenvalue weighted by Crippen LogP contribution is 2.18. The van der Waals surface area contributed by atoms with Crippen molar-refractivity contribution in [3.63, 3.8) is 0 Å². The fourth-order valence-corrected chi connectivity index (χ4v) is 3.03. The second kappa shape index (κ2) is 7.46. The van der Waals surface area contributed by atoms with E-state index in [0.717, 1.165) is 0 Å². The lowest BCUT2D eigenvalue weighted by atomic mass is 10.4. The van der Waals surface area contributed by atoms with Gasteiger partial charge in [0.2, 0.25) is 10.0 Å². The largest absolute Gasteiger partial charge is 0.383 e. The Balaban J connectivity index is 2.97. The maximum atomic E-state index is 12.4. The van der Waals surface area contributed by atoms with Crippen LogP contribution in [0.3, 0.4) is 0 Å². The highest BCUT2D eigenvalue weighted by molar-refractivity contribution is 7.89. The van der Waals surface area contributed by atoms with Crippen molar-refractivity contribution >= 4 is 21.6 Å². The third-order valence-electron chi connectivity index (χ3n) is 2.47. The Morgan fingerprint density at radius 3 is 2.47 bits per heavy atom. The van der Waals surface area contributed by atoms with Crippen molar-refractivity contribution in [3.8, 4) is 6.07 Å². The number of nitrogens with zero attached hydrogens (tertiary/aromatic N) is 2. The molecule has 1 aromatic carbocycles. The van der Waals surface area contributed by atoms with E-state index in [9.17, 15) is 8.42 Å². The van der Waals surface area contributed by atoms with E-state index in [1.807, 2.05) is 6.07 Å². The minimum absolute atomic E-state index is 0.135. The Bertz CT molecular complexity index is 537. The first kappa shape index (κ1) is 15.9. The predicted octanol–water partition coefficient (Wildman–Crippen LogP) is 1.89. The number of halogens is 1. The normalized spacial score (nSPS) is 11.5. The summed E-state index contributed by atoms with van der Waals surface area (Å²) in [7, 11) is -2.12. The van der Waals surface area contributed by atoms with Crippen LogP contribution in [-0.4, -0.2) is 39.5 Å². The molecule has 0 aliphatic heterocycles. The third kappa shape index (κ3) is 4.48. The van der Waals surface area contributed by atoms with Crippen LogP contribution in [0.15, 0.2) is 29.2 Å². The second-order valence-corrected chi connectivity index (χ2v) is 6.13. The monoisotopic (exact) mass is 302 g/mol. The van der Waals surface area contributed by atoms with E-state index in [2.05, 4.69) is 0 Å². The van der Waals surface area contributed by atoms with Gasteiger partial charge < -0.3 is 4.74 Å². The quantitative estimate of drug-likeness (QED) is 0.771. The molecular weight excluding hydrogens is 288 g/mol. The minimum atomic E-state index is -3.62. The van der Waals surface area contributed by atoms with Crippen molar-refractivity contribution in [2.24, 2.45) is 0 Å². The van der Waals surface area contributed by atoms with Crippen LogP contribution < -0.4 is 0 Å². The summed E-state index contributed by atoms with van der Waals surface area (Å²) >= 11 is 5.74. The maximum Gasteiger partial charge on any atom is 0.243 e. The summed E-state index contributed by atoms with van der Waals surface area (Å²) in [4.78, 5) is 0.158. The number of hydrogen-bond acceptors (Lipinski definition) is 4. The summed E-state index contributed by atoms with van der Waals surface area (Å²) in [5.74, 6) is 0. The van der Waals surface area contributed by atoms with Crippen LogP contribution >= 0.6 is 11.6 Å². The van der Waals surface area contributed by atoms with E-state index < -0.39 is 10.0 Å². The van der Waals surface area contributed by atoms with Gasteiger partial charge in [0, 0.05) is 31.6 Å². The summed E-state index contributed by atoms with van der Waals surface area (Å²) in [6.07, 6.45) is 0.135. The van der Waals surface area contributed by atoms with Gasteiger partial charge in [-0.3, -0.25) is 0 Å². The lowest BCUT2D eigenvalue weighted by Gasteiger charge is -2.20. The van der Waals surface area contributed by atoms with E-state index in [0.29, 0.717) is 5.02 Å². The Morgan fingerprint density at radius 1 is 1.32 bits per heavy atom. The van der Waals surface area contributed by atoms with Gasteiger partial charge in [0.1, 0.15) is 0 Å². The fourth-order valence-electron chi connectivity index (χ4n) is 1.48. The Morgan fingerprint density at radius 2 is 1.95 bits per heavy atom. The number of ether oxygens (including phenoxy) is 1. The van der Waals surface area contributed by atoms with Crippen molar-refractivity contribution < 1.29 is 13.2 Å². The molecule has 0 spiro atoms. The molecule has 0 saturated heterocycles. The SMILES string of the molecule is COCCN(CCC#N)S(=O)(=O)c1ccc(Cl)cc1. The van der Waals surface area contributed by atoms with Gasteiger partial charge in [-0.1, -0.05) is 11.6 Å². The molecule has 104 valence electrons. The number of sulfonamides is 1. The maximum absolute atomic E-state index is 12.4. The Labute approximate surface area is 118 Å². The van der Waals surface area contributed by atoms with Gasteiger partial charge in [0.05, 0.1) is 17.6 Å². The second-order valence-electron chi connectivity index (χ2n) is 3.76. The van der Waals surface area contributed by atoms with Gasteiger partial charge in [-0.05, 0) is 24.3 Å². The van der Waals surface area contributed by atoms with Crippen molar-refractivity contribution in [2.75, 3.05) is 26.8 Å². The molecule has 0 aliphatic rings. The number of hydrogen-bond donors (Lipinski definition) is 0. The number of nitriles is 1. The molecule has 0 atom stereocenters. The lowest BCUT2D eigenvalue weighted by molar-refractivity contribution is 0.179. The van der Waals surface area contributed by atoms with Crippen molar-refractivity contribution in [3.05, 3.63) is 29.3 Å². The zero-order chi connectivity index (χ0) is 14.3. The highest BCUT2D eigenvalue weighted by Gasteiger charge is 2.23. The molecule has 1 aromatic rings. The zero-order valence-corrected chi connectivity index (χ0v) is 12.1. The fraction of sp³-hybridized carbons (Fsp3) is 0.417. The summed E-state index contributed by atoms with van der Waals surface area (Å²) < 4.78 is 30.9. The molecule has 0 unspecified atom stereocenters. The number of rotatable bonds is 7. The van der Waals surface area contributed by atoms with Gasteiger partial charge in [0.15, 0.2) is 0 Å². The Hall–Kier alpha value is -1.13. The topological polar surface area (TPSA) is 70.4 Å². The average Bonchev–Trinajstić information content (AvgIpc) is 2.39. The van der Waals surface area contributed by atoms with Crippen LogP contribution in [0, 0.1) is 11.3 Å². The molecule has 0 aliphatic carbocycles. The molecule has 0 aromatic heterocycles. The van der Waals surface area contributed by atoms with Crippen LogP contribution in [-0.2, 0) is 14.8 Å². The molecule has 5 nitrogen and oxygen atoms in total. The average molecular weight is 303 g/mol. The number of methoxy groups -OCH3 is 1. The Kier molecular flexibility index (Phi) is 6.25. The van der Waals surface area contributed by atoms with E-state index in [1.165, 1.54) is 35.7 Å². The molecule has 19 heavy (non-hydrogen) atoms. The standard InChI is InChI=1S/C12H15ClN2O3S/c1-18-10-9-15(8-2-7-14)19(16,17)12-5-3-11(13)4-6-12/h3-6H,2,8-10H2,1H3. The molecule has 0 saturated carbocycles. The first-order valence-corrected chi connectivity index (χ1v) is 7.45. The molecule has 7 heteroatoms. The van der Waals surface area contributed by atoms with Crippen LogP contribution in [0.1, 0.15) is 6.42 Å². The number of benzene rings is 1. The summed E-state index contributed by atoms with van der Waals surface area (Å²) in [5, 5.41) is 9.06. The van der Waals surface area contributed by atoms with Gasteiger partial charge in [-0.15, -0.1) is 0 Å². The molecule has 0 N–H and O–H groups in total. The minimum Gasteiger partial charge on any atom is -0.383 e. The van der Waals surface area contributed by atoms with Gasteiger partial charge >= 0.3 is 0 Å². The van der Waals surface area contributed by atoms with Gasteiger partial charge in [-0.2, -0.15) is 9.57 Å².